The summed E-state index contributed by atoms with van der Waals surface area (Å²) in [6.07, 6.45) is 1.66. The second kappa shape index (κ2) is 2.81. The summed E-state index contributed by atoms with van der Waals surface area (Å²) in [5, 5.41) is 25.1. The normalized spacial score (nSPS) is 25.9. The summed E-state index contributed by atoms with van der Waals surface area (Å²) in [5.74, 6) is -1.04. The molecule has 1 aliphatic rings. The molecule has 0 fully saturated rings. The summed E-state index contributed by atoms with van der Waals surface area (Å²) in [7, 11) is 0. The molecule has 0 aliphatic heterocycles. The Morgan fingerprint density at radius 3 is 3.00 bits per heavy atom. The smallest absolute Gasteiger partial charge is 0.356 e. The largest absolute Gasteiger partial charge is 0.476 e. The number of carboxylic acid groups (broad SMARTS) is 1. The highest BCUT2D eigenvalue weighted by Crippen LogP contribution is 2.28. The molecule has 0 amide bonds. The second-order valence-electron chi connectivity index (χ2n) is 4.01. The van der Waals surface area contributed by atoms with Crippen molar-refractivity contribution < 1.29 is 15.0 Å². The molecule has 0 saturated carbocycles. The van der Waals surface area contributed by atoms with Crippen LogP contribution < -0.4 is 0 Å². The molecule has 1 unspecified atom stereocenters. The lowest BCUT2D eigenvalue weighted by Gasteiger charge is -2.27. The molecule has 1 aromatic rings. The lowest BCUT2D eigenvalue weighted by atomic mass is 9.84. The maximum Gasteiger partial charge on any atom is 0.356 e. The summed E-state index contributed by atoms with van der Waals surface area (Å²) in [5.41, 5.74) is 0.726. The van der Waals surface area contributed by atoms with Crippen molar-refractivity contribution in [2.75, 3.05) is 0 Å². The fraction of sp³-hybridized carbons (Fsp3) is 0.556. The number of aliphatic hydroxyl groups is 1. The van der Waals surface area contributed by atoms with E-state index >= 15 is 0 Å². The average molecular weight is 196 g/mol. The highest BCUT2D eigenvalue weighted by Gasteiger charge is 2.32. The van der Waals surface area contributed by atoms with Crippen LogP contribution in [0.3, 0.4) is 0 Å². The molecule has 0 aromatic carbocycles. The molecule has 0 radical (unpaired) electrons. The molecule has 5 nitrogen and oxygen atoms in total. The number of H-pyrrole nitrogens is 1. The third-order valence-corrected chi connectivity index (χ3v) is 2.63. The second-order valence-corrected chi connectivity index (χ2v) is 4.01. The average Bonchev–Trinajstić information content (AvgIpc) is 2.44. The maximum atomic E-state index is 10.8. The summed E-state index contributed by atoms with van der Waals surface area (Å²) >= 11 is 0. The summed E-state index contributed by atoms with van der Waals surface area (Å²) in [4.78, 5) is 10.8. The van der Waals surface area contributed by atoms with Gasteiger partial charge in [-0.3, -0.25) is 5.10 Å². The first-order valence-electron chi connectivity index (χ1n) is 4.51. The lowest BCUT2D eigenvalue weighted by Crippen LogP contribution is -2.32. The minimum atomic E-state index is -1.04. The van der Waals surface area contributed by atoms with Gasteiger partial charge in [0.15, 0.2) is 5.69 Å². The van der Waals surface area contributed by atoms with Crippen molar-refractivity contribution in [3.63, 3.8) is 0 Å². The number of carbonyl (C=O) groups is 1. The summed E-state index contributed by atoms with van der Waals surface area (Å²) in [6.45, 7) is 1.72. The van der Waals surface area contributed by atoms with Crippen molar-refractivity contribution in [1.29, 1.82) is 0 Å². The number of nitrogens with zero attached hydrogens (tertiary/aromatic N) is 1. The number of aryl methyl sites for hydroxylation is 1. The molecule has 1 heterocycles. The molecular formula is C9H12N2O3. The van der Waals surface area contributed by atoms with Crippen LogP contribution in [0.2, 0.25) is 0 Å². The Hall–Kier alpha value is -1.36. The van der Waals surface area contributed by atoms with Crippen LogP contribution in [0.5, 0.6) is 0 Å². The van der Waals surface area contributed by atoms with E-state index in [1.54, 1.807) is 6.92 Å². The van der Waals surface area contributed by atoms with Gasteiger partial charge in [0.25, 0.3) is 0 Å². The van der Waals surface area contributed by atoms with Gasteiger partial charge in [0, 0.05) is 17.7 Å². The maximum absolute atomic E-state index is 10.8. The highest BCUT2D eigenvalue weighted by molar-refractivity contribution is 5.87. The van der Waals surface area contributed by atoms with Crippen molar-refractivity contribution in [3.8, 4) is 0 Å². The van der Waals surface area contributed by atoms with Crippen LogP contribution in [0.4, 0.5) is 0 Å². The molecule has 1 atom stereocenters. The van der Waals surface area contributed by atoms with E-state index in [0.29, 0.717) is 24.8 Å². The molecule has 0 spiro atoms. The quantitative estimate of drug-likeness (QED) is 0.604. The van der Waals surface area contributed by atoms with Crippen molar-refractivity contribution in [1.82, 2.24) is 10.2 Å². The van der Waals surface area contributed by atoms with E-state index in [0.717, 1.165) is 5.69 Å². The molecular weight excluding hydrogens is 184 g/mol. The number of aromatic amines is 1. The van der Waals surface area contributed by atoms with Crippen molar-refractivity contribution in [3.05, 3.63) is 17.0 Å². The number of carboxylic acids is 1. The van der Waals surface area contributed by atoms with E-state index in [-0.39, 0.29) is 5.69 Å². The van der Waals surface area contributed by atoms with Gasteiger partial charge in [0.1, 0.15) is 0 Å². The van der Waals surface area contributed by atoms with Gasteiger partial charge in [0.05, 0.1) is 5.60 Å². The molecule has 1 aliphatic carbocycles. The molecule has 1 aromatic heterocycles. The van der Waals surface area contributed by atoms with Crippen LogP contribution in [-0.4, -0.2) is 32.0 Å². The number of rotatable bonds is 1. The topological polar surface area (TPSA) is 86.2 Å². The fourth-order valence-electron chi connectivity index (χ4n) is 1.84. The zero-order valence-corrected chi connectivity index (χ0v) is 7.87. The minimum absolute atomic E-state index is 0.0416. The zero-order valence-electron chi connectivity index (χ0n) is 7.87. The Bertz CT molecular complexity index is 381. The van der Waals surface area contributed by atoms with Gasteiger partial charge in [-0.15, -0.1) is 0 Å². The zero-order chi connectivity index (χ0) is 10.3. The lowest BCUT2D eigenvalue weighted by molar-refractivity contribution is 0.0450. The number of hydrogen-bond donors (Lipinski definition) is 3. The molecule has 3 N–H and O–H groups in total. The summed E-state index contributed by atoms with van der Waals surface area (Å²) in [6, 6.07) is 0. The first-order valence-corrected chi connectivity index (χ1v) is 4.51. The van der Waals surface area contributed by atoms with E-state index in [2.05, 4.69) is 10.2 Å². The molecule has 5 heteroatoms. The van der Waals surface area contributed by atoms with E-state index in [1.165, 1.54) is 0 Å². The minimum Gasteiger partial charge on any atom is -0.476 e. The van der Waals surface area contributed by atoms with Gasteiger partial charge in [0.2, 0.25) is 0 Å². The number of fused-ring (bicyclic) bond motifs is 1. The third-order valence-electron chi connectivity index (χ3n) is 2.63. The van der Waals surface area contributed by atoms with Gasteiger partial charge in [-0.05, 0) is 19.8 Å². The highest BCUT2D eigenvalue weighted by atomic mass is 16.4. The molecule has 0 saturated heterocycles. The molecule has 2 rings (SSSR count). The van der Waals surface area contributed by atoms with Crippen molar-refractivity contribution in [2.24, 2.45) is 0 Å². The van der Waals surface area contributed by atoms with E-state index in [1.807, 2.05) is 0 Å². The standard InChI is InChI=1S/C9H12N2O3/c1-9(14)3-2-6-5(4-9)7(8(12)13)11-10-6/h14H,2-4H2,1H3,(H,10,11)(H,12,13). The van der Waals surface area contributed by atoms with Crippen LogP contribution in [0.1, 0.15) is 35.1 Å². The summed E-state index contributed by atoms with van der Waals surface area (Å²) < 4.78 is 0. The third kappa shape index (κ3) is 1.39. The Morgan fingerprint density at radius 2 is 2.36 bits per heavy atom. The first-order chi connectivity index (χ1) is 6.49. The Labute approximate surface area is 80.8 Å². The SMILES string of the molecule is CC1(O)CCc2[nH]nc(C(=O)O)c2C1. The van der Waals surface area contributed by atoms with Crippen LogP contribution in [0.25, 0.3) is 0 Å². The van der Waals surface area contributed by atoms with Gasteiger partial charge >= 0.3 is 5.97 Å². The molecule has 0 bridgehead atoms. The van der Waals surface area contributed by atoms with E-state index in [9.17, 15) is 9.90 Å². The van der Waals surface area contributed by atoms with Crippen molar-refractivity contribution >= 4 is 5.97 Å². The van der Waals surface area contributed by atoms with Crippen LogP contribution in [-0.2, 0) is 12.8 Å². The molecule has 14 heavy (non-hydrogen) atoms. The number of hydrogen-bond acceptors (Lipinski definition) is 3. The first kappa shape index (κ1) is 9.21. The van der Waals surface area contributed by atoms with E-state index in [4.69, 9.17) is 5.11 Å². The molecule has 76 valence electrons. The van der Waals surface area contributed by atoms with E-state index < -0.39 is 11.6 Å². The fourth-order valence-corrected chi connectivity index (χ4v) is 1.84. The van der Waals surface area contributed by atoms with Crippen molar-refractivity contribution in [2.45, 2.75) is 31.8 Å². The van der Waals surface area contributed by atoms with Crippen LogP contribution in [0.15, 0.2) is 0 Å². The Balaban J connectivity index is 2.42. The monoisotopic (exact) mass is 196 g/mol. The predicted molar refractivity (Wildman–Crippen MR) is 48.2 cm³/mol. The number of aromatic nitrogens is 2. The Morgan fingerprint density at radius 1 is 1.64 bits per heavy atom. The van der Waals surface area contributed by atoms with Crippen LogP contribution in [0, 0.1) is 0 Å². The number of aromatic carboxylic acids is 1. The Kier molecular flexibility index (Phi) is 1.85. The predicted octanol–water partition coefficient (Wildman–Crippen LogP) is 0.348. The van der Waals surface area contributed by atoms with Gasteiger partial charge in [-0.25, -0.2) is 4.79 Å². The number of nitrogens with one attached hydrogen (secondary N) is 1. The van der Waals surface area contributed by atoms with Gasteiger partial charge < -0.3 is 10.2 Å². The van der Waals surface area contributed by atoms with Crippen LogP contribution >= 0.6 is 0 Å². The van der Waals surface area contributed by atoms with Gasteiger partial charge in [-0.2, -0.15) is 5.10 Å². The van der Waals surface area contributed by atoms with Gasteiger partial charge in [-0.1, -0.05) is 0 Å².